The Morgan fingerprint density at radius 3 is 2.38 bits per heavy atom. The fourth-order valence-electron chi connectivity index (χ4n) is 3.15. The molecule has 2 aromatic carbocycles. The number of amides is 1. The predicted octanol–water partition coefficient (Wildman–Crippen LogP) is 5.84. The van der Waals surface area contributed by atoms with Crippen molar-refractivity contribution in [2.24, 2.45) is 0 Å². The molecule has 194 valence electrons. The molecule has 0 radical (unpaired) electrons. The van der Waals surface area contributed by atoms with Gasteiger partial charge in [-0.05, 0) is 48.7 Å². The van der Waals surface area contributed by atoms with Gasteiger partial charge in [0.05, 0.1) is 12.1 Å². The first kappa shape index (κ1) is 27.8. The summed E-state index contributed by atoms with van der Waals surface area (Å²) in [6.45, 7) is 4.29. The van der Waals surface area contributed by atoms with Gasteiger partial charge in [0, 0.05) is 0 Å². The molecule has 0 aliphatic heterocycles. The summed E-state index contributed by atoms with van der Waals surface area (Å²) in [6.07, 6.45) is -3.50. The van der Waals surface area contributed by atoms with Crippen LogP contribution in [-0.4, -0.2) is 36.4 Å². The number of hydrogen-bond donors (Lipinski definition) is 1. The van der Waals surface area contributed by atoms with E-state index in [1.807, 2.05) is 32.0 Å². The van der Waals surface area contributed by atoms with Crippen molar-refractivity contribution in [1.29, 1.82) is 5.26 Å². The van der Waals surface area contributed by atoms with Crippen molar-refractivity contribution in [3.05, 3.63) is 62.6 Å². The van der Waals surface area contributed by atoms with Gasteiger partial charge in [-0.3, -0.25) is 10.1 Å². The molecular weight excluding hydrogens is 533 g/mol. The molecule has 8 nitrogen and oxygen atoms in total. The van der Waals surface area contributed by atoms with E-state index in [9.17, 15) is 23.2 Å². The Morgan fingerprint density at radius 2 is 1.81 bits per heavy atom. The molecule has 13 heteroatoms. The average Bonchev–Trinajstić information content (AvgIpc) is 3.31. The Hall–Kier alpha value is -3.82. The minimum atomic E-state index is -4.70. The minimum Gasteiger partial charge on any atom is -0.493 e. The molecule has 0 saturated carbocycles. The minimum absolute atomic E-state index is 0.139. The summed E-state index contributed by atoms with van der Waals surface area (Å²) in [5.41, 5.74) is 1.91. The molecule has 0 atom stereocenters. The van der Waals surface area contributed by atoms with Crippen LogP contribution in [0, 0.1) is 25.2 Å². The number of hydrogen-bond acceptors (Lipinski definition) is 8. The Morgan fingerprint density at radius 1 is 1.16 bits per heavy atom. The molecular formula is C24H20ClF3N4O4S. The van der Waals surface area contributed by atoms with E-state index in [-0.39, 0.29) is 41.1 Å². The topological polar surface area (TPSA) is 106 Å². The second-order valence-electron chi connectivity index (χ2n) is 7.49. The lowest BCUT2D eigenvalue weighted by atomic mass is 10.1. The molecule has 0 spiro atoms. The van der Waals surface area contributed by atoms with Crippen LogP contribution in [0.15, 0.2) is 35.9 Å². The monoisotopic (exact) mass is 552 g/mol. The fraction of sp³-hybridized carbons (Fsp3) is 0.250. The molecule has 1 amide bonds. The van der Waals surface area contributed by atoms with Crippen LogP contribution in [0.3, 0.4) is 0 Å². The van der Waals surface area contributed by atoms with E-state index in [2.05, 4.69) is 15.5 Å². The van der Waals surface area contributed by atoms with E-state index in [0.717, 1.165) is 16.9 Å². The smallest absolute Gasteiger partial charge is 0.445 e. The van der Waals surface area contributed by atoms with Gasteiger partial charge in [0.15, 0.2) is 11.5 Å². The van der Waals surface area contributed by atoms with Gasteiger partial charge in [-0.2, -0.15) is 18.4 Å². The number of nitriles is 1. The summed E-state index contributed by atoms with van der Waals surface area (Å²) in [5.74, 6) is 0.284. The molecule has 37 heavy (non-hydrogen) atoms. The number of anilines is 1. The second kappa shape index (κ2) is 11.9. The lowest BCUT2D eigenvalue weighted by Gasteiger charge is -2.15. The zero-order valence-corrected chi connectivity index (χ0v) is 21.3. The van der Waals surface area contributed by atoms with Crippen LogP contribution in [0.4, 0.5) is 18.3 Å². The molecule has 0 fully saturated rings. The largest absolute Gasteiger partial charge is 0.493 e. The van der Waals surface area contributed by atoms with E-state index in [1.165, 1.54) is 25.3 Å². The number of methoxy groups -OCH3 is 1. The van der Waals surface area contributed by atoms with Crippen LogP contribution < -0.4 is 19.5 Å². The number of benzene rings is 2. The Balaban J connectivity index is 1.71. The Bertz CT molecular complexity index is 1350. The molecule has 1 aromatic heterocycles. The van der Waals surface area contributed by atoms with Crippen molar-refractivity contribution in [2.45, 2.75) is 20.0 Å². The maximum Gasteiger partial charge on any atom is 0.445 e. The highest BCUT2D eigenvalue weighted by Crippen LogP contribution is 2.37. The van der Waals surface area contributed by atoms with Gasteiger partial charge in [-0.1, -0.05) is 41.1 Å². The van der Waals surface area contributed by atoms with Crippen LogP contribution >= 0.6 is 22.9 Å². The number of carbonyl (C=O) groups excluding carboxylic acids is 1. The lowest BCUT2D eigenvalue weighted by Crippen LogP contribution is -2.13. The van der Waals surface area contributed by atoms with Crippen molar-refractivity contribution in [1.82, 2.24) is 10.2 Å². The van der Waals surface area contributed by atoms with Crippen molar-refractivity contribution in [3.63, 3.8) is 0 Å². The van der Waals surface area contributed by atoms with Crippen molar-refractivity contribution < 1.29 is 32.2 Å². The maximum absolute atomic E-state index is 12.7. The van der Waals surface area contributed by atoms with Gasteiger partial charge in [-0.15, -0.1) is 10.2 Å². The maximum atomic E-state index is 12.7. The normalized spacial score (nSPS) is 11.6. The van der Waals surface area contributed by atoms with Crippen molar-refractivity contribution in [2.75, 3.05) is 25.6 Å². The second-order valence-corrected chi connectivity index (χ2v) is 8.87. The van der Waals surface area contributed by atoms with E-state index in [1.54, 1.807) is 6.07 Å². The summed E-state index contributed by atoms with van der Waals surface area (Å²) in [6, 6.07) is 10.5. The highest BCUT2D eigenvalue weighted by Gasteiger charge is 2.36. The van der Waals surface area contributed by atoms with E-state index in [0.29, 0.717) is 5.56 Å². The van der Waals surface area contributed by atoms with Crippen LogP contribution in [0.25, 0.3) is 6.08 Å². The number of alkyl halides is 3. The quantitative estimate of drug-likeness (QED) is 0.202. The molecule has 0 saturated heterocycles. The first-order valence-electron chi connectivity index (χ1n) is 10.6. The van der Waals surface area contributed by atoms with E-state index in [4.69, 9.17) is 25.8 Å². The highest BCUT2D eigenvalue weighted by molar-refractivity contribution is 7.15. The summed E-state index contributed by atoms with van der Waals surface area (Å²) < 4.78 is 55.0. The first-order valence-corrected chi connectivity index (χ1v) is 11.8. The molecule has 0 aliphatic carbocycles. The van der Waals surface area contributed by atoms with Crippen LogP contribution in [0.5, 0.6) is 17.2 Å². The molecule has 0 aliphatic rings. The SMILES string of the molecule is COc1cc(C=C(C#N)C(=O)Nc2nnc(C(F)(F)F)s2)cc(Cl)c1OCCOc1c(C)cccc1C. The zero-order chi connectivity index (χ0) is 27.2. The standard InChI is InChI=1S/C24H20ClF3N4O4S/c1-13-5-4-6-14(2)19(13)35-7-8-36-20-17(25)10-15(11-18(20)34-3)9-16(12-29)21(33)30-23-32-31-22(37-23)24(26,27)28/h4-6,9-11H,7-8H2,1-3H3,(H,30,32,33). The molecule has 0 bridgehead atoms. The number of aryl methyl sites for hydroxylation is 2. The zero-order valence-electron chi connectivity index (χ0n) is 19.8. The van der Waals surface area contributed by atoms with E-state index < -0.39 is 27.8 Å². The third-order valence-electron chi connectivity index (χ3n) is 4.80. The van der Waals surface area contributed by atoms with Gasteiger partial charge in [-0.25, -0.2) is 0 Å². The third kappa shape index (κ3) is 7.12. The number of halogens is 4. The molecule has 3 aromatic rings. The summed E-state index contributed by atoms with van der Waals surface area (Å²) >= 11 is 6.50. The molecule has 0 unspecified atom stereocenters. The first-order chi connectivity index (χ1) is 17.5. The lowest BCUT2D eigenvalue weighted by molar-refractivity contribution is -0.138. The van der Waals surface area contributed by atoms with Gasteiger partial charge >= 0.3 is 6.18 Å². The number of nitrogens with zero attached hydrogens (tertiary/aromatic N) is 3. The molecule has 1 N–H and O–H groups in total. The highest BCUT2D eigenvalue weighted by atomic mass is 35.5. The summed E-state index contributed by atoms with van der Waals surface area (Å²) in [7, 11) is 1.39. The van der Waals surface area contributed by atoms with Gasteiger partial charge in [0.2, 0.25) is 10.1 Å². The van der Waals surface area contributed by atoms with Gasteiger partial charge in [0.25, 0.3) is 5.91 Å². The molecule has 1 heterocycles. The number of aromatic nitrogens is 2. The number of carbonyl (C=O) groups is 1. The molecule has 3 rings (SSSR count). The Labute approximate surface area is 219 Å². The number of ether oxygens (including phenoxy) is 3. The predicted molar refractivity (Wildman–Crippen MR) is 132 cm³/mol. The van der Waals surface area contributed by atoms with Crippen LogP contribution in [0.2, 0.25) is 5.02 Å². The van der Waals surface area contributed by atoms with Gasteiger partial charge < -0.3 is 14.2 Å². The fourth-order valence-corrected chi connectivity index (χ4v) is 4.03. The average molecular weight is 553 g/mol. The third-order valence-corrected chi connectivity index (χ3v) is 5.96. The number of nitrogens with one attached hydrogen (secondary N) is 1. The van der Waals surface area contributed by atoms with Crippen molar-refractivity contribution in [3.8, 4) is 23.3 Å². The van der Waals surface area contributed by atoms with Crippen LogP contribution in [0.1, 0.15) is 21.7 Å². The summed E-state index contributed by atoms with van der Waals surface area (Å²) in [4.78, 5) is 12.4. The van der Waals surface area contributed by atoms with Crippen molar-refractivity contribution >= 4 is 40.1 Å². The van der Waals surface area contributed by atoms with Crippen LogP contribution in [-0.2, 0) is 11.0 Å². The van der Waals surface area contributed by atoms with E-state index >= 15 is 0 Å². The Kier molecular flexibility index (Phi) is 8.96. The number of rotatable bonds is 9. The summed E-state index contributed by atoms with van der Waals surface area (Å²) in [5, 5.41) is 16.3. The number of para-hydroxylation sites is 1. The van der Waals surface area contributed by atoms with Gasteiger partial charge in [0.1, 0.15) is 30.6 Å².